The van der Waals surface area contributed by atoms with Crippen molar-refractivity contribution < 1.29 is 19.4 Å². The van der Waals surface area contributed by atoms with Gasteiger partial charge in [0, 0.05) is 11.6 Å². The summed E-state index contributed by atoms with van der Waals surface area (Å²) < 4.78 is 11.5. The molecule has 2 aromatic rings. The average molecular weight is 356 g/mol. The van der Waals surface area contributed by atoms with Gasteiger partial charge >= 0.3 is 5.97 Å². The van der Waals surface area contributed by atoms with Gasteiger partial charge in [0.15, 0.2) is 0 Å². The SMILES string of the molecule is CCCOc1ccc(CN=Nc2ccc(C(=O)O)cc2)c(OCCC)c1. The maximum absolute atomic E-state index is 10.9. The molecule has 2 aromatic carbocycles. The Morgan fingerprint density at radius 2 is 1.69 bits per heavy atom. The smallest absolute Gasteiger partial charge is 0.335 e. The van der Waals surface area contributed by atoms with Gasteiger partial charge in [0.1, 0.15) is 11.5 Å². The van der Waals surface area contributed by atoms with Crippen LogP contribution < -0.4 is 9.47 Å². The summed E-state index contributed by atoms with van der Waals surface area (Å²) in [6.07, 6.45) is 1.86. The molecule has 6 nitrogen and oxygen atoms in total. The van der Waals surface area contributed by atoms with Gasteiger partial charge in [-0.2, -0.15) is 10.2 Å². The molecule has 0 atom stereocenters. The molecule has 0 aliphatic heterocycles. The lowest BCUT2D eigenvalue weighted by atomic mass is 10.2. The predicted molar refractivity (Wildman–Crippen MR) is 99.6 cm³/mol. The van der Waals surface area contributed by atoms with E-state index in [4.69, 9.17) is 14.6 Å². The Labute approximate surface area is 153 Å². The van der Waals surface area contributed by atoms with E-state index < -0.39 is 5.97 Å². The Balaban J connectivity index is 2.07. The highest BCUT2D eigenvalue weighted by Crippen LogP contribution is 2.26. The van der Waals surface area contributed by atoms with Crippen molar-refractivity contribution in [3.05, 3.63) is 53.6 Å². The Morgan fingerprint density at radius 1 is 1.00 bits per heavy atom. The highest BCUT2D eigenvalue weighted by atomic mass is 16.5. The number of ether oxygens (including phenoxy) is 2. The zero-order valence-corrected chi connectivity index (χ0v) is 15.1. The summed E-state index contributed by atoms with van der Waals surface area (Å²) in [5, 5.41) is 17.2. The second kappa shape index (κ2) is 10.2. The lowest BCUT2D eigenvalue weighted by Gasteiger charge is -2.12. The van der Waals surface area contributed by atoms with Crippen molar-refractivity contribution in [2.75, 3.05) is 13.2 Å². The molecule has 0 aromatic heterocycles. The van der Waals surface area contributed by atoms with Crippen molar-refractivity contribution in [1.29, 1.82) is 0 Å². The van der Waals surface area contributed by atoms with Crippen LogP contribution in [0.1, 0.15) is 42.6 Å². The summed E-state index contributed by atoms with van der Waals surface area (Å²) in [5.41, 5.74) is 1.75. The monoisotopic (exact) mass is 356 g/mol. The van der Waals surface area contributed by atoms with Gasteiger partial charge in [-0.15, -0.1) is 0 Å². The molecule has 0 spiro atoms. The zero-order chi connectivity index (χ0) is 18.8. The first kappa shape index (κ1) is 19.4. The van der Waals surface area contributed by atoms with E-state index in [2.05, 4.69) is 24.1 Å². The van der Waals surface area contributed by atoms with Crippen LogP contribution in [-0.4, -0.2) is 24.3 Å². The van der Waals surface area contributed by atoms with Crippen LogP contribution in [0, 0.1) is 0 Å². The van der Waals surface area contributed by atoms with Crippen LogP contribution >= 0.6 is 0 Å². The first-order valence-corrected chi connectivity index (χ1v) is 8.73. The molecule has 0 amide bonds. The fourth-order valence-electron chi connectivity index (χ4n) is 2.19. The standard InChI is InChI=1S/C20H24N2O4/c1-3-11-25-18-10-7-16(19(13-18)26-12-4-2)14-21-22-17-8-5-15(6-9-17)20(23)24/h5-10,13H,3-4,11-12,14H2,1-2H3,(H,23,24). The van der Waals surface area contributed by atoms with E-state index in [1.165, 1.54) is 12.1 Å². The highest BCUT2D eigenvalue weighted by Gasteiger charge is 2.06. The molecule has 2 rings (SSSR count). The van der Waals surface area contributed by atoms with Gasteiger partial charge in [0.2, 0.25) is 0 Å². The summed E-state index contributed by atoms with van der Waals surface area (Å²) in [7, 11) is 0. The number of hydrogen-bond acceptors (Lipinski definition) is 5. The molecule has 26 heavy (non-hydrogen) atoms. The lowest BCUT2D eigenvalue weighted by molar-refractivity contribution is 0.0697. The van der Waals surface area contributed by atoms with E-state index in [-0.39, 0.29) is 5.56 Å². The molecule has 6 heteroatoms. The second-order valence-corrected chi connectivity index (χ2v) is 5.72. The van der Waals surface area contributed by atoms with E-state index >= 15 is 0 Å². The van der Waals surface area contributed by atoms with Gasteiger partial charge in [-0.05, 0) is 49.2 Å². The fraction of sp³-hybridized carbons (Fsp3) is 0.350. The van der Waals surface area contributed by atoms with E-state index in [9.17, 15) is 4.79 Å². The number of rotatable bonds is 10. The molecule has 138 valence electrons. The molecule has 0 bridgehead atoms. The zero-order valence-electron chi connectivity index (χ0n) is 15.1. The maximum Gasteiger partial charge on any atom is 0.335 e. The Kier molecular flexibility index (Phi) is 7.61. The Hall–Kier alpha value is -2.89. The third kappa shape index (κ3) is 5.88. The van der Waals surface area contributed by atoms with Crippen molar-refractivity contribution in [1.82, 2.24) is 0 Å². The largest absolute Gasteiger partial charge is 0.493 e. The molecular formula is C20H24N2O4. The minimum atomic E-state index is -0.961. The van der Waals surface area contributed by atoms with Gasteiger partial charge in [0.25, 0.3) is 0 Å². The molecule has 0 saturated carbocycles. The van der Waals surface area contributed by atoms with Crippen molar-refractivity contribution in [3.8, 4) is 11.5 Å². The summed E-state index contributed by atoms with van der Waals surface area (Å²) >= 11 is 0. The molecular weight excluding hydrogens is 332 g/mol. The highest BCUT2D eigenvalue weighted by molar-refractivity contribution is 5.87. The molecule has 0 fully saturated rings. The van der Waals surface area contributed by atoms with E-state index in [1.807, 2.05) is 18.2 Å². The fourth-order valence-corrected chi connectivity index (χ4v) is 2.19. The molecule has 0 radical (unpaired) electrons. The molecule has 1 N–H and O–H groups in total. The maximum atomic E-state index is 10.9. The van der Waals surface area contributed by atoms with Crippen molar-refractivity contribution in [2.24, 2.45) is 10.2 Å². The van der Waals surface area contributed by atoms with E-state index in [1.54, 1.807) is 12.1 Å². The summed E-state index contributed by atoms with van der Waals surface area (Å²) in [5.74, 6) is 0.570. The lowest BCUT2D eigenvalue weighted by Crippen LogP contribution is -2.01. The predicted octanol–water partition coefficient (Wildman–Crippen LogP) is 5.25. The molecule has 0 heterocycles. The van der Waals surface area contributed by atoms with Crippen LogP contribution in [-0.2, 0) is 6.54 Å². The molecule has 0 saturated heterocycles. The van der Waals surface area contributed by atoms with Crippen molar-refractivity contribution >= 4 is 11.7 Å². The van der Waals surface area contributed by atoms with Crippen LogP contribution in [0.3, 0.4) is 0 Å². The third-order valence-corrected chi connectivity index (χ3v) is 3.51. The minimum absolute atomic E-state index is 0.224. The van der Waals surface area contributed by atoms with Crippen LogP contribution in [0.15, 0.2) is 52.7 Å². The third-order valence-electron chi connectivity index (χ3n) is 3.51. The van der Waals surface area contributed by atoms with Gasteiger partial charge in [0.05, 0.1) is 31.0 Å². The number of hydrogen-bond donors (Lipinski definition) is 1. The molecule has 0 unspecified atom stereocenters. The topological polar surface area (TPSA) is 80.5 Å². The van der Waals surface area contributed by atoms with Crippen molar-refractivity contribution in [2.45, 2.75) is 33.2 Å². The number of carboxylic acids is 1. The van der Waals surface area contributed by atoms with Gasteiger partial charge in [-0.3, -0.25) is 0 Å². The Bertz CT molecular complexity index is 742. The minimum Gasteiger partial charge on any atom is -0.493 e. The van der Waals surface area contributed by atoms with E-state index in [0.29, 0.717) is 25.4 Å². The second-order valence-electron chi connectivity index (χ2n) is 5.72. The number of carboxylic acid groups (broad SMARTS) is 1. The van der Waals surface area contributed by atoms with Crippen LogP contribution in [0.5, 0.6) is 11.5 Å². The number of aromatic carboxylic acids is 1. The number of nitrogens with zero attached hydrogens (tertiary/aromatic N) is 2. The van der Waals surface area contributed by atoms with Crippen molar-refractivity contribution in [3.63, 3.8) is 0 Å². The van der Waals surface area contributed by atoms with Crippen LogP contribution in [0.4, 0.5) is 5.69 Å². The average Bonchev–Trinajstić information content (AvgIpc) is 2.66. The summed E-state index contributed by atoms with van der Waals surface area (Å²) in [4.78, 5) is 10.9. The number of carbonyl (C=O) groups is 1. The van der Waals surface area contributed by atoms with Crippen LogP contribution in [0.25, 0.3) is 0 Å². The quantitative estimate of drug-likeness (QED) is 0.590. The summed E-state index contributed by atoms with van der Waals surface area (Å²) in [6.45, 7) is 5.77. The normalized spacial score (nSPS) is 10.8. The first-order valence-electron chi connectivity index (χ1n) is 8.73. The first-order chi connectivity index (χ1) is 12.6. The molecule has 0 aliphatic carbocycles. The number of benzene rings is 2. The van der Waals surface area contributed by atoms with E-state index in [0.717, 1.165) is 29.9 Å². The number of azo groups is 1. The van der Waals surface area contributed by atoms with Gasteiger partial charge < -0.3 is 14.6 Å². The summed E-state index contributed by atoms with van der Waals surface area (Å²) in [6, 6.07) is 12.0. The molecule has 0 aliphatic rings. The van der Waals surface area contributed by atoms with Gasteiger partial charge in [-0.25, -0.2) is 4.79 Å². The van der Waals surface area contributed by atoms with Gasteiger partial charge in [-0.1, -0.05) is 13.8 Å². The van der Waals surface area contributed by atoms with Crippen LogP contribution in [0.2, 0.25) is 0 Å². The Morgan fingerprint density at radius 3 is 2.35 bits per heavy atom.